The van der Waals surface area contributed by atoms with Crippen LogP contribution >= 0.6 is 0 Å². The van der Waals surface area contributed by atoms with E-state index in [1.807, 2.05) is 0 Å². The fraction of sp³-hybridized carbons (Fsp3) is 0.246. The summed E-state index contributed by atoms with van der Waals surface area (Å²) in [6.07, 6.45) is 54.7. The van der Waals surface area contributed by atoms with Crippen molar-refractivity contribution < 1.29 is 0 Å². The fourth-order valence-corrected chi connectivity index (χ4v) is 10.8. The van der Waals surface area contributed by atoms with Crippen molar-refractivity contribution in [2.24, 2.45) is 11.8 Å². The quantitative estimate of drug-likeness (QED) is 0.190. The van der Waals surface area contributed by atoms with E-state index in [2.05, 4.69) is 230 Å². The van der Waals surface area contributed by atoms with Crippen LogP contribution in [0.2, 0.25) is 0 Å². The lowest BCUT2D eigenvalue weighted by Gasteiger charge is -2.43. The Labute approximate surface area is 376 Å². The highest BCUT2D eigenvalue weighted by Gasteiger charge is 2.32. The number of nitrogens with zero attached hydrogens (tertiary/aromatic N) is 2. The summed E-state index contributed by atoms with van der Waals surface area (Å²) in [7, 11) is 0. The Morgan fingerprint density at radius 2 is 1.11 bits per heavy atom. The molecule has 10 rings (SSSR count). The van der Waals surface area contributed by atoms with Gasteiger partial charge in [-0.1, -0.05) is 202 Å². The molecule has 0 amide bonds. The molecule has 0 saturated heterocycles. The first kappa shape index (κ1) is 40.7. The van der Waals surface area contributed by atoms with Crippen LogP contribution in [0.25, 0.3) is 16.7 Å². The standard InChI is InChI=1S/C61H60N2/c1-44-42-54(48-18-12-13-19-48)32-40-61(44)63(58-34-26-50(27-35-58)47-16-8-4-9-17-47)59-38-30-52(31-39-59)51-28-36-57(37-29-51)62(56-20-10-5-11-21-56)60-41-33-55(43-45(60)2)53-24-22-49(23-25-53)46-14-6-3-7-15-46/h3-18,20,22,24,26-34,36,38-42,44-45,56-58,61H,19,21,23,25,35,37,43H2,1-2H3. The Morgan fingerprint density at radius 1 is 0.476 bits per heavy atom. The molecule has 0 saturated carbocycles. The van der Waals surface area contributed by atoms with Crippen LogP contribution in [0.4, 0.5) is 5.69 Å². The molecule has 0 aliphatic heterocycles. The van der Waals surface area contributed by atoms with E-state index in [-0.39, 0.29) is 12.1 Å². The molecule has 314 valence electrons. The van der Waals surface area contributed by atoms with Gasteiger partial charge in [0.15, 0.2) is 0 Å². The Hall–Kier alpha value is -6.38. The number of benzene rings is 3. The van der Waals surface area contributed by atoms with E-state index in [4.69, 9.17) is 0 Å². The van der Waals surface area contributed by atoms with Crippen LogP contribution < -0.4 is 4.90 Å². The van der Waals surface area contributed by atoms with Crippen molar-refractivity contribution in [3.8, 4) is 0 Å². The number of rotatable bonds is 11. The van der Waals surface area contributed by atoms with Crippen LogP contribution in [0.3, 0.4) is 0 Å². The first-order valence-electron chi connectivity index (χ1n) is 23.5. The molecule has 6 unspecified atom stereocenters. The Morgan fingerprint density at radius 3 is 1.71 bits per heavy atom. The fourth-order valence-electron chi connectivity index (χ4n) is 10.8. The summed E-state index contributed by atoms with van der Waals surface area (Å²) in [6, 6.07) is 32.3. The highest BCUT2D eigenvalue weighted by molar-refractivity contribution is 5.78. The smallest absolute Gasteiger partial charge is 0.0542 e. The summed E-state index contributed by atoms with van der Waals surface area (Å²) in [5, 5.41) is 0. The lowest BCUT2D eigenvalue weighted by atomic mass is 9.82. The Balaban J connectivity index is 0.873. The zero-order chi connectivity index (χ0) is 42.5. The minimum atomic E-state index is 0.256. The van der Waals surface area contributed by atoms with E-state index in [9.17, 15) is 0 Å². The summed E-state index contributed by atoms with van der Waals surface area (Å²) in [6.45, 7) is 4.83. The molecule has 6 atom stereocenters. The summed E-state index contributed by atoms with van der Waals surface area (Å²) in [5.41, 5.74) is 16.5. The van der Waals surface area contributed by atoms with Crippen molar-refractivity contribution in [1.29, 1.82) is 0 Å². The molecular weight excluding hydrogens is 761 g/mol. The van der Waals surface area contributed by atoms with Crippen LogP contribution in [0.1, 0.15) is 75.5 Å². The van der Waals surface area contributed by atoms with Crippen LogP contribution in [0, 0.1) is 11.8 Å². The van der Waals surface area contributed by atoms with Crippen molar-refractivity contribution in [2.75, 3.05) is 4.90 Å². The van der Waals surface area contributed by atoms with Gasteiger partial charge < -0.3 is 9.80 Å². The number of hydrogen-bond acceptors (Lipinski definition) is 2. The third-order valence-corrected chi connectivity index (χ3v) is 14.2. The maximum absolute atomic E-state index is 2.74. The summed E-state index contributed by atoms with van der Waals surface area (Å²) >= 11 is 0. The van der Waals surface area contributed by atoms with Gasteiger partial charge in [0.05, 0.1) is 24.2 Å². The molecule has 2 nitrogen and oxygen atoms in total. The van der Waals surface area contributed by atoms with Gasteiger partial charge in [0.2, 0.25) is 0 Å². The van der Waals surface area contributed by atoms with E-state index < -0.39 is 0 Å². The first-order chi connectivity index (χ1) is 31.1. The van der Waals surface area contributed by atoms with Crippen LogP contribution in [0.15, 0.2) is 234 Å². The van der Waals surface area contributed by atoms with Gasteiger partial charge in [0, 0.05) is 17.3 Å². The van der Waals surface area contributed by atoms with E-state index >= 15 is 0 Å². The molecule has 7 aliphatic carbocycles. The molecule has 7 aliphatic rings. The second kappa shape index (κ2) is 18.5. The monoisotopic (exact) mass is 820 g/mol. The minimum Gasteiger partial charge on any atom is -0.361 e. The number of hydrogen-bond donors (Lipinski definition) is 0. The van der Waals surface area contributed by atoms with Gasteiger partial charge >= 0.3 is 0 Å². The number of anilines is 1. The van der Waals surface area contributed by atoms with Crippen molar-refractivity contribution in [3.63, 3.8) is 0 Å². The third kappa shape index (κ3) is 8.82. The van der Waals surface area contributed by atoms with Gasteiger partial charge in [-0.15, -0.1) is 0 Å². The lowest BCUT2D eigenvalue weighted by molar-refractivity contribution is 0.219. The van der Waals surface area contributed by atoms with Crippen molar-refractivity contribution >= 4 is 22.4 Å². The van der Waals surface area contributed by atoms with Gasteiger partial charge in [0.1, 0.15) is 0 Å². The van der Waals surface area contributed by atoms with Crippen LogP contribution in [-0.4, -0.2) is 29.1 Å². The summed E-state index contributed by atoms with van der Waals surface area (Å²) in [5.74, 6) is 0.815. The first-order valence-corrected chi connectivity index (χ1v) is 23.5. The molecule has 63 heavy (non-hydrogen) atoms. The molecule has 0 fully saturated rings. The molecule has 3 aromatic rings. The average molecular weight is 821 g/mol. The van der Waals surface area contributed by atoms with Gasteiger partial charge in [0.25, 0.3) is 0 Å². The van der Waals surface area contributed by atoms with Gasteiger partial charge in [-0.2, -0.15) is 0 Å². The predicted molar refractivity (Wildman–Crippen MR) is 269 cm³/mol. The second-order valence-electron chi connectivity index (χ2n) is 18.3. The van der Waals surface area contributed by atoms with E-state index in [1.165, 1.54) is 67.1 Å². The maximum Gasteiger partial charge on any atom is 0.0542 e. The maximum atomic E-state index is 2.74. The lowest BCUT2D eigenvalue weighted by Crippen LogP contribution is -2.45. The molecule has 0 radical (unpaired) electrons. The molecule has 0 spiro atoms. The molecule has 0 bridgehead atoms. The zero-order valence-corrected chi connectivity index (χ0v) is 36.9. The predicted octanol–water partition coefficient (Wildman–Crippen LogP) is 14.8. The van der Waals surface area contributed by atoms with Gasteiger partial charge in [-0.25, -0.2) is 0 Å². The van der Waals surface area contributed by atoms with Crippen molar-refractivity contribution in [1.82, 2.24) is 4.90 Å². The van der Waals surface area contributed by atoms with E-state index in [0.29, 0.717) is 23.9 Å². The Bertz CT molecular complexity index is 2620. The molecule has 3 aromatic carbocycles. The van der Waals surface area contributed by atoms with Crippen molar-refractivity contribution in [2.45, 2.75) is 83.0 Å². The number of allylic oxidation sites excluding steroid dienone is 20. The second-order valence-corrected chi connectivity index (χ2v) is 18.3. The third-order valence-electron chi connectivity index (χ3n) is 14.2. The largest absolute Gasteiger partial charge is 0.361 e. The molecule has 2 heteroatoms. The normalized spacial score (nSPS) is 26.2. The molecular formula is C61H60N2. The van der Waals surface area contributed by atoms with Crippen LogP contribution in [0.5, 0.6) is 0 Å². The molecule has 0 aromatic heterocycles. The van der Waals surface area contributed by atoms with E-state index in [1.54, 1.807) is 0 Å². The minimum absolute atomic E-state index is 0.256. The highest BCUT2D eigenvalue weighted by Crippen LogP contribution is 2.41. The summed E-state index contributed by atoms with van der Waals surface area (Å²) in [4.78, 5) is 5.40. The topological polar surface area (TPSA) is 6.48 Å². The van der Waals surface area contributed by atoms with Gasteiger partial charge in [-0.3, -0.25) is 0 Å². The van der Waals surface area contributed by atoms with Crippen LogP contribution in [-0.2, 0) is 0 Å². The Kier molecular flexibility index (Phi) is 12.0. The summed E-state index contributed by atoms with van der Waals surface area (Å²) < 4.78 is 0. The SMILES string of the molecule is CC1CC(C2=CC=C(c3ccccc3)CC2)=CC=C1N(C1C=CC=CC1)C1C=CC(c2ccc(N(C3C=CC(c4ccccc4)=CC3)C3C=CC(C4=CC=CC4)=CC3C)cc2)=CC1. The molecule has 0 N–H and O–H groups in total. The zero-order valence-electron chi connectivity index (χ0n) is 36.9. The average Bonchev–Trinajstić information content (AvgIpc) is 3.90. The molecule has 0 heterocycles. The van der Waals surface area contributed by atoms with Gasteiger partial charge in [-0.05, 0) is 125 Å². The van der Waals surface area contributed by atoms with E-state index in [0.717, 1.165) is 44.9 Å². The highest BCUT2D eigenvalue weighted by atomic mass is 15.2. The van der Waals surface area contributed by atoms with Crippen molar-refractivity contribution in [3.05, 3.63) is 251 Å².